The molecule has 2 aromatic heterocycles. The van der Waals surface area contributed by atoms with Crippen LogP contribution in [0.15, 0.2) is 34.9 Å². The highest BCUT2D eigenvalue weighted by atomic mass is 16.5. The molecule has 0 aliphatic rings. The smallest absolute Gasteiger partial charge is 0.176 e. The number of ether oxygens (including phenoxy) is 1. The van der Waals surface area contributed by atoms with Gasteiger partial charge in [0.15, 0.2) is 17.1 Å². The number of rotatable bonds is 2. The number of nitrogens with one attached hydrogen (secondary N) is 1. The molecule has 2 heterocycles. The van der Waals surface area contributed by atoms with Gasteiger partial charge in [-0.2, -0.15) is 5.10 Å². The van der Waals surface area contributed by atoms with Gasteiger partial charge in [-0.25, -0.2) is 0 Å². The van der Waals surface area contributed by atoms with Crippen molar-refractivity contribution in [2.75, 3.05) is 12.8 Å². The number of methoxy groups -OCH3 is 1. The Kier molecular flexibility index (Phi) is 2.04. The zero-order valence-electron chi connectivity index (χ0n) is 9.23. The number of para-hydroxylation sites is 1. The number of H-pyrrole nitrogens is 1. The first-order valence-electron chi connectivity index (χ1n) is 5.15. The fourth-order valence-corrected chi connectivity index (χ4v) is 1.81. The maximum atomic E-state index is 5.78. The van der Waals surface area contributed by atoms with Crippen LogP contribution < -0.4 is 10.5 Å². The number of benzene rings is 1. The summed E-state index contributed by atoms with van der Waals surface area (Å²) in [6.45, 7) is 0. The summed E-state index contributed by atoms with van der Waals surface area (Å²) in [6.07, 6.45) is 1.56. The molecule has 17 heavy (non-hydrogen) atoms. The van der Waals surface area contributed by atoms with Gasteiger partial charge in [0, 0.05) is 5.39 Å². The molecule has 5 nitrogen and oxygen atoms in total. The van der Waals surface area contributed by atoms with E-state index in [0.717, 1.165) is 5.39 Å². The topological polar surface area (TPSA) is 77.1 Å². The Morgan fingerprint density at radius 2 is 2.29 bits per heavy atom. The molecule has 0 saturated carbocycles. The molecular weight excluding hydrogens is 218 g/mol. The van der Waals surface area contributed by atoms with Crippen LogP contribution in [0.2, 0.25) is 0 Å². The summed E-state index contributed by atoms with van der Waals surface area (Å²) in [5, 5.41) is 7.65. The van der Waals surface area contributed by atoms with E-state index in [1.807, 2.05) is 24.3 Å². The molecule has 86 valence electrons. The number of anilines is 1. The van der Waals surface area contributed by atoms with Crippen molar-refractivity contribution in [1.29, 1.82) is 0 Å². The molecule has 0 saturated heterocycles. The van der Waals surface area contributed by atoms with Gasteiger partial charge in [0.1, 0.15) is 5.69 Å². The van der Waals surface area contributed by atoms with E-state index in [1.165, 1.54) is 0 Å². The Bertz CT molecular complexity index is 669. The van der Waals surface area contributed by atoms with Crippen molar-refractivity contribution < 1.29 is 9.15 Å². The summed E-state index contributed by atoms with van der Waals surface area (Å²) >= 11 is 0. The normalized spacial score (nSPS) is 10.9. The van der Waals surface area contributed by atoms with Gasteiger partial charge in [0.05, 0.1) is 19.0 Å². The largest absolute Gasteiger partial charge is 0.493 e. The van der Waals surface area contributed by atoms with E-state index in [1.54, 1.807) is 13.3 Å². The predicted molar refractivity (Wildman–Crippen MR) is 64.8 cm³/mol. The lowest BCUT2D eigenvalue weighted by Crippen LogP contribution is -1.84. The zero-order chi connectivity index (χ0) is 11.8. The van der Waals surface area contributed by atoms with Crippen LogP contribution in [-0.4, -0.2) is 17.3 Å². The van der Waals surface area contributed by atoms with E-state index in [2.05, 4.69) is 10.2 Å². The maximum Gasteiger partial charge on any atom is 0.176 e. The van der Waals surface area contributed by atoms with Gasteiger partial charge in [-0.1, -0.05) is 12.1 Å². The van der Waals surface area contributed by atoms with Crippen molar-refractivity contribution in [3.05, 3.63) is 30.5 Å². The molecule has 0 unspecified atom stereocenters. The molecule has 3 rings (SSSR count). The molecule has 0 bridgehead atoms. The molecule has 0 spiro atoms. The van der Waals surface area contributed by atoms with Crippen molar-refractivity contribution in [1.82, 2.24) is 10.2 Å². The number of fused-ring (bicyclic) bond motifs is 1. The third kappa shape index (κ3) is 1.44. The molecule has 0 radical (unpaired) electrons. The summed E-state index contributed by atoms with van der Waals surface area (Å²) in [6, 6.07) is 7.63. The molecule has 0 aliphatic heterocycles. The summed E-state index contributed by atoms with van der Waals surface area (Å²) < 4.78 is 11.0. The number of furan rings is 1. The lowest BCUT2D eigenvalue weighted by atomic mass is 10.2. The second kappa shape index (κ2) is 3.55. The summed E-state index contributed by atoms with van der Waals surface area (Å²) in [5.41, 5.74) is 7.73. The van der Waals surface area contributed by atoms with Crippen molar-refractivity contribution >= 4 is 16.7 Å². The van der Waals surface area contributed by atoms with E-state index in [9.17, 15) is 0 Å². The average Bonchev–Trinajstić information content (AvgIpc) is 2.93. The van der Waals surface area contributed by atoms with Crippen molar-refractivity contribution in [3.63, 3.8) is 0 Å². The van der Waals surface area contributed by atoms with Crippen molar-refractivity contribution in [3.8, 4) is 17.2 Å². The zero-order valence-corrected chi connectivity index (χ0v) is 9.23. The minimum atomic E-state index is 0.558. The van der Waals surface area contributed by atoms with Crippen LogP contribution in [0.5, 0.6) is 5.75 Å². The molecule has 0 amide bonds. The Balaban J connectivity index is 2.24. The fourth-order valence-electron chi connectivity index (χ4n) is 1.81. The van der Waals surface area contributed by atoms with E-state index in [-0.39, 0.29) is 0 Å². The quantitative estimate of drug-likeness (QED) is 0.707. The van der Waals surface area contributed by atoms with Gasteiger partial charge in [-0.05, 0) is 12.1 Å². The SMILES string of the molecule is COc1cccc2cc(-c3[nH]ncc3N)oc12. The molecule has 0 aliphatic carbocycles. The molecule has 0 atom stereocenters. The third-order valence-corrected chi connectivity index (χ3v) is 2.64. The van der Waals surface area contributed by atoms with Gasteiger partial charge < -0.3 is 14.9 Å². The van der Waals surface area contributed by atoms with E-state index >= 15 is 0 Å². The second-order valence-electron chi connectivity index (χ2n) is 3.69. The molecule has 3 N–H and O–H groups in total. The highest BCUT2D eigenvalue weighted by Crippen LogP contribution is 2.34. The summed E-state index contributed by atoms with van der Waals surface area (Å²) in [5.74, 6) is 1.35. The number of nitrogens with two attached hydrogens (primary N) is 1. The van der Waals surface area contributed by atoms with Crippen LogP contribution in [0.4, 0.5) is 5.69 Å². The average molecular weight is 229 g/mol. The fraction of sp³-hybridized carbons (Fsp3) is 0.0833. The maximum absolute atomic E-state index is 5.78. The number of hydrogen-bond donors (Lipinski definition) is 2. The van der Waals surface area contributed by atoms with Crippen LogP contribution >= 0.6 is 0 Å². The van der Waals surface area contributed by atoms with Gasteiger partial charge in [-0.15, -0.1) is 0 Å². The van der Waals surface area contributed by atoms with Gasteiger partial charge in [0.25, 0.3) is 0 Å². The molecular formula is C12H11N3O2. The first kappa shape index (κ1) is 9.77. The Labute approximate surface area is 97.2 Å². The second-order valence-corrected chi connectivity index (χ2v) is 3.69. The minimum Gasteiger partial charge on any atom is -0.493 e. The molecule has 0 fully saturated rings. The van der Waals surface area contributed by atoms with Crippen LogP contribution in [0.1, 0.15) is 0 Å². The minimum absolute atomic E-state index is 0.558. The number of hydrogen-bond acceptors (Lipinski definition) is 4. The van der Waals surface area contributed by atoms with E-state index in [4.69, 9.17) is 14.9 Å². The standard InChI is InChI=1S/C12H11N3O2/c1-16-9-4-2-3-7-5-10(17-12(7)9)11-8(13)6-14-15-11/h2-6H,13H2,1H3,(H,14,15). The number of aromatic amines is 1. The molecule has 3 aromatic rings. The molecule has 5 heteroatoms. The van der Waals surface area contributed by atoms with Crippen LogP contribution in [0.3, 0.4) is 0 Å². The molecule has 1 aromatic carbocycles. The number of aromatic nitrogens is 2. The van der Waals surface area contributed by atoms with Crippen LogP contribution in [-0.2, 0) is 0 Å². The van der Waals surface area contributed by atoms with E-state index in [0.29, 0.717) is 28.5 Å². The van der Waals surface area contributed by atoms with Gasteiger partial charge in [-0.3, -0.25) is 5.10 Å². The number of nitrogens with zero attached hydrogens (tertiary/aromatic N) is 1. The van der Waals surface area contributed by atoms with Crippen LogP contribution in [0, 0.1) is 0 Å². The summed E-state index contributed by atoms with van der Waals surface area (Å²) in [4.78, 5) is 0. The Morgan fingerprint density at radius 1 is 1.41 bits per heavy atom. The highest BCUT2D eigenvalue weighted by Gasteiger charge is 2.13. The van der Waals surface area contributed by atoms with Crippen LogP contribution in [0.25, 0.3) is 22.4 Å². The first-order chi connectivity index (χ1) is 8.29. The van der Waals surface area contributed by atoms with E-state index < -0.39 is 0 Å². The third-order valence-electron chi connectivity index (χ3n) is 2.64. The Hall–Kier alpha value is -2.43. The monoisotopic (exact) mass is 229 g/mol. The number of nitrogen functional groups attached to an aromatic ring is 1. The summed E-state index contributed by atoms with van der Waals surface area (Å²) in [7, 11) is 1.61. The first-order valence-corrected chi connectivity index (χ1v) is 5.15. The lowest BCUT2D eigenvalue weighted by Gasteiger charge is -1.98. The highest BCUT2D eigenvalue weighted by molar-refractivity contribution is 5.88. The van der Waals surface area contributed by atoms with Crippen molar-refractivity contribution in [2.45, 2.75) is 0 Å². The van der Waals surface area contributed by atoms with Crippen molar-refractivity contribution in [2.24, 2.45) is 0 Å². The van der Waals surface area contributed by atoms with Gasteiger partial charge in [0.2, 0.25) is 0 Å². The Morgan fingerprint density at radius 3 is 3.00 bits per heavy atom. The lowest BCUT2D eigenvalue weighted by molar-refractivity contribution is 0.411. The van der Waals surface area contributed by atoms with Gasteiger partial charge >= 0.3 is 0 Å². The predicted octanol–water partition coefficient (Wildman–Crippen LogP) is 2.41.